The molecule has 4 heterocycles. The van der Waals surface area contributed by atoms with E-state index in [-0.39, 0.29) is 5.95 Å². The number of pyridine rings is 2. The number of imidazole rings is 1. The summed E-state index contributed by atoms with van der Waals surface area (Å²) in [5, 5.41) is 0. The molecule has 0 spiro atoms. The lowest BCUT2D eigenvalue weighted by molar-refractivity contribution is 1.14. The van der Waals surface area contributed by atoms with Crippen LogP contribution in [0.3, 0.4) is 0 Å². The van der Waals surface area contributed by atoms with Crippen LogP contribution in [0.5, 0.6) is 0 Å². The van der Waals surface area contributed by atoms with Crippen LogP contribution in [0, 0.1) is 0 Å². The first-order valence-corrected chi connectivity index (χ1v) is 6.78. The second-order valence-corrected chi connectivity index (χ2v) is 4.83. The number of aromatic nitrogens is 5. The first-order valence-electron chi connectivity index (χ1n) is 6.78. The van der Waals surface area contributed by atoms with Crippen molar-refractivity contribution in [3.63, 3.8) is 0 Å². The average Bonchev–Trinajstić information content (AvgIpc) is 2.99. The van der Waals surface area contributed by atoms with Gasteiger partial charge in [-0.1, -0.05) is 0 Å². The molecule has 0 aliphatic carbocycles. The van der Waals surface area contributed by atoms with Crippen molar-refractivity contribution in [2.45, 2.75) is 0 Å². The van der Waals surface area contributed by atoms with Gasteiger partial charge in [0.25, 0.3) is 0 Å². The summed E-state index contributed by atoms with van der Waals surface area (Å²) >= 11 is 0. The minimum Gasteiger partial charge on any atom is -0.368 e. The van der Waals surface area contributed by atoms with Crippen LogP contribution in [0.1, 0.15) is 0 Å². The molecule has 6 nitrogen and oxygen atoms in total. The predicted octanol–water partition coefficient (Wildman–Crippen LogP) is 2.44. The molecule has 0 aliphatic heterocycles. The summed E-state index contributed by atoms with van der Waals surface area (Å²) in [4.78, 5) is 16.6. The highest BCUT2D eigenvalue weighted by Crippen LogP contribution is 2.23. The van der Waals surface area contributed by atoms with Gasteiger partial charge < -0.3 is 5.73 Å². The van der Waals surface area contributed by atoms with Crippen molar-refractivity contribution in [3.8, 4) is 22.5 Å². The largest absolute Gasteiger partial charge is 0.368 e. The molecule has 4 rings (SSSR count). The highest BCUT2D eigenvalue weighted by atomic mass is 15.0. The highest BCUT2D eigenvalue weighted by Gasteiger charge is 2.09. The number of hydrogen-bond acceptors (Lipinski definition) is 5. The van der Waals surface area contributed by atoms with E-state index in [2.05, 4.69) is 19.9 Å². The van der Waals surface area contributed by atoms with Crippen molar-refractivity contribution in [2.24, 2.45) is 0 Å². The molecule has 0 aromatic carbocycles. The van der Waals surface area contributed by atoms with Crippen molar-refractivity contribution >= 4 is 11.6 Å². The van der Waals surface area contributed by atoms with E-state index in [0.717, 1.165) is 28.2 Å². The molecule has 0 fully saturated rings. The standard InChI is InChI=1S/C16H12N6/c17-16-19-8-5-13(21-16)14-9-20-15-2-1-12(10-22(14)15)11-3-6-18-7-4-11/h1-10H,(H2,17,19,21). The minimum atomic E-state index is 0.248. The maximum atomic E-state index is 5.67. The summed E-state index contributed by atoms with van der Waals surface area (Å²) in [5.41, 5.74) is 10.3. The third-order valence-corrected chi connectivity index (χ3v) is 3.46. The number of nitrogens with two attached hydrogens (primary N) is 1. The molecule has 0 unspecified atom stereocenters. The quantitative estimate of drug-likeness (QED) is 0.612. The lowest BCUT2D eigenvalue weighted by Gasteiger charge is -2.05. The number of anilines is 1. The molecule has 0 atom stereocenters. The van der Waals surface area contributed by atoms with Crippen molar-refractivity contribution < 1.29 is 0 Å². The molecule has 0 bridgehead atoms. The molecule has 106 valence electrons. The van der Waals surface area contributed by atoms with Crippen molar-refractivity contribution in [1.82, 2.24) is 24.3 Å². The number of rotatable bonds is 2. The molecule has 0 aliphatic rings. The van der Waals surface area contributed by atoms with Crippen LogP contribution in [-0.2, 0) is 0 Å². The van der Waals surface area contributed by atoms with Gasteiger partial charge in [-0.15, -0.1) is 0 Å². The lowest BCUT2D eigenvalue weighted by Crippen LogP contribution is -1.97. The summed E-state index contributed by atoms with van der Waals surface area (Å²) in [6.45, 7) is 0. The topological polar surface area (TPSA) is 82.0 Å². The van der Waals surface area contributed by atoms with Crippen LogP contribution in [0.2, 0.25) is 0 Å². The first kappa shape index (κ1) is 12.5. The van der Waals surface area contributed by atoms with Gasteiger partial charge >= 0.3 is 0 Å². The van der Waals surface area contributed by atoms with Crippen LogP contribution in [0.25, 0.3) is 28.2 Å². The third-order valence-electron chi connectivity index (χ3n) is 3.46. The van der Waals surface area contributed by atoms with Gasteiger partial charge in [-0.05, 0) is 41.5 Å². The van der Waals surface area contributed by atoms with Crippen LogP contribution in [0.15, 0.2) is 61.3 Å². The Morgan fingerprint density at radius 1 is 0.864 bits per heavy atom. The number of hydrogen-bond donors (Lipinski definition) is 1. The first-order chi connectivity index (χ1) is 10.8. The summed E-state index contributed by atoms with van der Waals surface area (Å²) in [6, 6.07) is 9.78. The van der Waals surface area contributed by atoms with Gasteiger partial charge in [-0.25, -0.2) is 15.0 Å². The Balaban J connectivity index is 1.91. The van der Waals surface area contributed by atoms with Crippen LogP contribution in [-0.4, -0.2) is 24.3 Å². The molecular weight excluding hydrogens is 276 g/mol. The summed E-state index contributed by atoms with van der Waals surface area (Å²) < 4.78 is 2.00. The Labute approximate surface area is 126 Å². The van der Waals surface area contributed by atoms with Crippen molar-refractivity contribution in [1.29, 1.82) is 0 Å². The van der Waals surface area contributed by atoms with E-state index in [0.29, 0.717) is 0 Å². The highest BCUT2D eigenvalue weighted by molar-refractivity contribution is 5.67. The SMILES string of the molecule is Nc1nccc(-c2cnc3ccc(-c4ccncc4)cn23)n1. The van der Waals surface area contributed by atoms with Crippen LogP contribution in [0.4, 0.5) is 5.95 Å². The van der Waals surface area contributed by atoms with Gasteiger partial charge in [0.15, 0.2) is 0 Å². The number of nitrogen functional groups attached to an aromatic ring is 1. The summed E-state index contributed by atoms with van der Waals surface area (Å²) in [5.74, 6) is 0.248. The molecule has 2 N–H and O–H groups in total. The monoisotopic (exact) mass is 288 g/mol. The predicted molar refractivity (Wildman–Crippen MR) is 83.9 cm³/mol. The second kappa shape index (κ2) is 4.92. The lowest BCUT2D eigenvalue weighted by atomic mass is 10.1. The van der Waals surface area contributed by atoms with E-state index in [1.165, 1.54) is 0 Å². The fraction of sp³-hybridized carbons (Fsp3) is 0. The average molecular weight is 288 g/mol. The van der Waals surface area contributed by atoms with E-state index in [1.54, 1.807) is 24.8 Å². The third kappa shape index (κ3) is 2.07. The van der Waals surface area contributed by atoms with Gasteiger partial charge in [-0.3, -0.25) is 9.38 Å². The normalized spacial score (nSPS) is 10.9. The number of fused-ring (bicyclic) bond motifs is 1. The van der Waals surface area contributed by atoms with Gasteiger partial charge in [-0.2, -0.15) is 0 Å². The summed E-state index contributed by atoms with van der Waals surface area (Å²) in [7, 11) is 0. The Morgan fingerprint density at radius 2 is 1.73 bits per heavy atom. The summed E-state index contributed by atoms with van der Waals surface area (Å²) in [6.07, 6.45) is 9.02. The molecule has 0 radical (unpaired) electrons. The fourth-order valence-electron chi connectivity index (χ4n) is 2.40. The van der Waals surface area contributed by atoms with E-state index >= 15 is 0 Å². The van der Waals surface area contributed by atoms with Gasteiger partial charge in [0.1, 0.15) is 5.65 Å². The number of nitrogens with zero attached hydrogens (tertiary/aromatic N) is 5. The maximum absolute atomic E-state index is 5.67. The van der Waals surface area contributed by atoms with E-state index in [1.807, 2.05) is 40.9 Å². The van der Waals surface area contributed by atoms with Crippen molar-refractivity contribution in [2.75, 3.05) is 5.73 Å². The maximum Gasteiger partial charge on any atom is 0.220 e. The molecular formula is C16H12N6. The van der Waals surface area contributed by atoms with E-state index in [9.17, 15) is 0 Å². The van der Waals surface area contributed by atoms with Crippen LogP contribution < -0.4 is 5.73 Å². The molecule has 6 heteroatoms. The van der Waals surface area contributed by atoms with E-state index in [4.69, 9.17) is 5.73 Å². The minimum absolute atomic E-state index is 0.248. The van der Waals surface area contributed by atoms with Gasteiger partial charge in [0.05, 0.1) is 17.6 Å². The molecule has 4 aromatic heterocycles. The smallest absolute Gasteiger partial charge is 0.220 e. The Kier molecular flexibility index (Phi) is 2.79. The molecule has 0 amide bonds. The molecule has 22 heavy (non-hydrogen) atoms. The molecule has 0 saturated heterocycles. The van der Waals surface area contributed by atoms with Crippen molar-refractivity contribution in [3.05, 3.63) is 61.3 Å². The van der Waals surface area contributed by atoms with Gasteiger partial charge in [0, 0.05) is 24.8 Å². The van der Waals surface area contributed by atoms with E-state index < -0.39 is 0 Å². The molecule has 0 saturated carbocycles. The zero-order valence-electron chi connectivity index (χ0n) is 11.6. The second-order valence-electron chi connectivity index (χ2n) is 4.83. The fourth-order valence-corrected chi connectivity index (χ4v) is 2.40. The Bertz CT molecular complexity index is 945. The Hall–Kier alpha value is -3.28. The zero-order chi connectivity index (χ0) is 14.9. The molecule has 4 aromatic rings. The Morgan fingerprint density at radius 3 is 2.55 bits per heavy atom. The zero-order valence-corrected chi connectivity index (χ0v) is 11.6. The van der Waals surface area contributed by atoms with Gasteiger partial charge in [0.2, 0.25) is 5.95 Å². The van der Waals surface area contributed by atoms with Crippen LogP contribution >= 0.6 is 0 Å².